The van der Waals surface area contributed by atoms with Gasteiger partial charge in [0.05, 0.1) is 6.33 Å². The van der Waals surface area contributed by atoms with E-state index in [1.807, 2.05) is 19.2 Å². The van der Waals surface area contributed by atoms with Gasteiger partial charge >= 0.3 is 0 Å². The number of H-pyrrole nitrogens is 1. The molecule has 0 aliphatic heterocycles. The molecule has 0 spiro atoms. The Bertz CT molecular complexity index is 773. The van der Waals surface area contributed by atoms with Gasteiger partial charge in [-0.15, -0.1) is 0 Å². The van der Waals surface area contributed by atoms with E-state index < -0.39 is 0 Å². The van der Waals surface area contributed by atoms with Crippen LogP contribution in [0.4, 0.5) is 0 Å². The highest BCUT2D eigenvalue weighted by atomic mass is 35.5. The molecule has 5 nitrogen and oxygen atoms in total. The van der Waals surface area contributed by atoms with Crippen LogP contribution < -0.4 is 5.56 Å². The smallest absolute Gasteiger partial charge is 0.278 e. The second-order valence-corrected chi connectivity index (χ2v) is 4.34. The summed E-state index contributed by atoms with van der Waals surface area (Å²) >= 11 is 5.85. The van der Waals surface area contributed by atoms with E-state index in [2.05, 4.69) is 15.0 Å². The first-order valence-electron chi connectivity index (χ1n) is 5.33. The lowest BCUT2D eigenvalue weighted by Gasteiger charge is -2.01. The summed E-state index contributed by atoms with van der Waals surface area (Å²) in [5.41, 5.74) is 1.55. The lowest BCUT2D eigenvalue weighted by Crippen LogP contribution is -2.06. The van der Waals surface area contributed by atoms with E-state index in [-0.39, 0.29) is 5.56 Å². The van der Waals surface area contributed by atoms with Gasteiger partial charge in [0, 0.05) is 17.6 Å². The van der Waals surface area contributed by atoms with Crippen LogP contribution in [0, 0.1) is 0 Å². The third kappa shape index (κ3) is 1.60. The molecule has 0 aliphatic rings. The molecular formula is C12H9ClN4O. The normalized spacial score (nSPS) is 11.0. The van der Waals surface area contributed by atoms with Crippen molar-refractivity contribution in [3.63, 3.8) is 0 Å². The van der Waals surface area contributed by atoms with Crippen LogP contribution in [0.5, 0.6) is 0 Å². The van der Waals surface area contributed by atoms with Crippen molar-refractivity contribution in [2.45, 2.75) is 0 Å². The van der Waals surface area contributed by atoms with Crippen LogP contribution in [0.25, 0.3) is 22.6 Å². The molecule has 0 fully saturated rings. The summed E-state index contributed by atoms with van der Waals surface area (Å²) in [6.07, 6.45) is 1.37. The predicted octanol–water partition coefficient (Wildman–Crippen LogP) is 1.98. The first-order chi connectivity index (χ1) is 8.66. The summed E-state index contributed by atoms with van der Waals surface area (Å²) < 4.78 is 1.79. The highest BCUT2D eigenvalue weighted by molar-refractivity contribution is 6.30. The summed E-state index contributed by atoms with van der Waals surface area (Å²) in [5.74, 6) is 0.686. The molecule has 0 aliphatic carbocycles. The summed E-state index contributed by atoms with van der Waals surface area (Å²) in [5, 5.41) is 0.661. The summed E-state index contributed by atoms with van der Waals surface area (Å²) in [6.45, 7) is 0. The Balaban J connectivity index is 2.30. The number of benzene rings is 1. The highest BCUT2D eigenvalue weighted by Crippen LogP contribution is 2.22. The first kappa shape index (κ1) is 11.0. The first-order valence-corrected chi connectivity index (χ1v) is 5.70. The maximum atomic E-state index is 11.6. The molecule has 2 aromatic heterocycles. The van der Waals surface area contributed by atoms with Crippen LogP contribution in [0.2, 0.25) is 5.02 Å². The van der Waals surface area contributed by atoms with Gasteiger partial charge in [-0.05, 0) is 24.3 Å². The van der Waals surface area contributed by atoms with Crippen LogP contribution in [0.3, 0.4) is 0 Å². The van der Waals surface area contributed by atoms with Crippen molar-refractivity contribution in [2.75, 3.05) is 0 Å². The van der Waals surface area contributed by atoms with Crippen molar-refractivity contribution in [1.29, 1.82) is 0 Å². The number of aromatic nitrogens is 4. The fourth-order valence-corrected chi connectivity index (χ4v) is 1.99. The molecule has 1 aromatic carbocycles. The fraction of sp³-hybridized carbons (Fsp3) is 0.0833. The van der Waals surface area contributed by atoms with Crippen LogP contribution in [-0.2, 0) is 7.05 Å². The third-order valence-corrected chi connectivity index (χ3v) is 3.02. The number of nitrogens with one attached hydrogen (secondary N) is 1. The molecule has 0 radical (unpaired) electrons. The van der Waals surface area contributed by atoms with Gasteiger partial charge in [-0.3, -0.25) is 4.79 Å². The van der Waals surface area contributed by atoms with Crippen molar-refractivity contribution in [1.82, 2.24) is 19.5 Å². The molecule has 1 N–H and O–H groups in total. The van der Waals surface area contributed by atoms with E-state index >= 15 is 0 Å². The molecule has 3 aromatic rings. The van der Waals surface area contributed by atoms with E-state index in [1.54, 1.807) is 16.7 Å². The Hall–Kier alpha value is -2.14. The van der Waals surface area contributed by atoms with Gasteiger partial charge < -0.3 is 9.55 Å². The molecule has 0 atom stereocenters. The summed E-state index contributed by atoms with van der Waals surface area (Å²) in [6, 6.07) is 7.29. The Kier molecular flexibility index (Phi) is 2.41. The zero-order valence-electron chi connectivity index (χ0n) is 9.51. The fourth-order valence-electron chi connectivity index (χ4n) is 1.87. The topological polar surface area (TPSA) is 63.6 Å². The third-order valence-electron chi connectivity index (χ3n) is 2.76. The number of rotatable bonds is 1. The highest BCUT2D eigenvalue weighted by Gasteiger charge is 2.12. The van der Waals surface area contributed by atoms with Gasteiger partial charge in [0.1, 0.15) is 5.82 Å². The second kappa shape index (κ2) is 3.96. The van der Waals surface area contributed by atoms with Crippen molar-refractivity contribution >= 4 is 22.8 Å². The number of hydrogen-bond donors (Lipinski definition) is 1. The molecule has 0 bridgehead atoms. The summed E-state index contributed by atoms with van der Waals surface area (Å²) in [7, 11) is 1.83. The molecule has 0 saturated heterocycles. The van der Waals surface area contributed by atoms with Crippen molar-refractivity contribution in [3.8, 4) is 11.4 Å². The molecule has 18 heavy (non-hydrogen) atoms. The lowest BCUT2D eigenvalue weighted by atomic mass is 10.2. The number of hydrogen-bond acceptors (Lipinski definition) is 3. The summed E-state index contributed by atoms with van der Waals surface area (Å²) in [4.78, 5) is 22.6. The molecule has 2 heterocycles. The monoisotopic (exact) mass is 260 g/mol. The molecule has 6 heteroatoms. The van der Waals surface area contributed by atoms with Crippen LogP contribution in [0.15, 0.2) is 35.4 Å². The standard InChI is InChI=1S/C12H9ClN4O/c1-17-10(7-2-4-8(13)5-3-7)16-9-11(17)14-6-15-12(9)18/h2-6H,1H3,(H,14,15,18). The average molecular weight is 261 g/mol. The second-order valence-electron chi connectivity index (χ2n) is 3.91. The maximum absolute atomic E-state index is 11.6. The molecular weight excluding hydrogens is 252 g/mol. The maximum Gasteiger partial charge on any atom is 0.278 e. The largest absolute Gasteiger partial charge is 0.312 e. The Morgan fingerprint density at radius 1 is 1.28 bits per heavy atom. The van der Waals surface area contributed by atoms with Gasteiger partial charge in [0.15, 0.2) is 11.2 Å². The minimum Gasteiger partial charge on any atom is -0.312 e. The van der Waals surface area contributed by atoms with E-state index in [0.29, 0.717) is 22.0 Å². The minimum atomic E-state index is -0.240. The molecule has 0 saturated carbocycles. The van der Waals surface area contributed by atoms with Gasteiger partial charge in [0.2, 0.25) is 0 Å². The molecule has 3 rings (SSSR count). The number of fused-ring (bicyclic) bond motifs is 1. The van der Waals surface area contributed by atoms with Crippen LogP contribution in [-0.4, -0.2) is 19.5 Å². The Morgan fingerprint density at radius 2 is 2.00 bits per heavy atom. The predicted molar refractivity (Wildman–Crippen MR) is 69.6 cm³/mol. The zero-order chi connectivity index (χ0) is 12.7. The van der Waals surface area contributed by atoms with Gasteiger partial charge in [0.25, 0.3) is 5.56 Å². The Labute approximate surface area is 107 Å². The van der Waals surface area contributed by atoms with Crippen LogP contribution >= 0.6 is 11.6 Å². The van der Waals surface area contributed by atoms with Crippen LogP contribution in [0.1, 0.15) is 0 Å². The quantitative estimate of drug-likeness (QED) is 0.728. The minimum absolute atomic E-state index is 0.240. The van der Waals surface area contributed by atoms with Crippen molar-refractivity contribution in [3.05, 3.63) is 46.0 Å². The van der Waals surface area contributed by atoms with Crippen molar-refractivity contribution in [2.24, 2.45) is 7.05 Å². The van der Waals surface area contributed by atoms with E-state index in [1.165, 1.54) is 6.33 Å². The zero-order valence-corrected chi connectivity index (χ0v) is 10.3. The lowest BCUT2D eigenvalue weighted by molar-refractivity contribution is 0.938. The number of aryl methyl sites for hydroxylation is 1. The van der Waals surface area contributed by atoms with Gasteiger partial charge in [-0.1, -0.05) is 11.6 Å². The van der Waals surface area contributed by atoms with Gasteiger partial charge in [-0.2, -0.15) is 0 Å². The SMILES string of the molecule is Cn1c(-c2ccc(Cl)cc2)nc2c(=O)[nH]cnc21. The molecule has 90 valence electrons. The average Bonchev–Trinajstić information content (AvgIpc) is 2.70. The van der Waals surface area contributed by atoms with E-state index in [4.69, 9.17) is 11.6 Å². The van der Waals surface area contributed by atoms with Crippen molar-refractivity contribution < 1.29 is 0 Å². The van der Waals surface area contributed by atoms with E-state index in [9.17, 15) is 4.79 Å². The Morgan fingerprint density at radius 3 is 2.67 bits per heavy atom. The molecule has 0 unspecified atom stereocenters. The number of halogens is 1. The number of imidazole rings is 1. The van der Waals surface area contributed by atoms with E-state index in [0.717, 1.165) is 5.56 Å². The van der Waals surface area contributed by atoms with Gasteiger partial charge in [-0.25, -0.2) is 9.97 Å². The number of nitrogens with zero attached hydrogens (tertiary/aromatic N) is 3. The molecule has 0 amide bonds. The number of aromatic amines is 1.